The Morgan fingerprint density at radius 2 is 2.00 bits per heavy atom. The van der Waals surface area contributed by atoms with Gasteiger partial charge in [-0.15, -0.1) is 0 Å². The summed E-state index contributed by atoms with van der Waals surface area (Å²) in [5, 5.41) is 4.32. The number of likely N-dealkylation sites (tertiary alicyclic amines) is 1. The Morgan fingerprint density at radius 1 is 1.12 bits per heavy atom. The van der Waals surface area contributed by atoms with Crippen molar-refractivity contribution in [3.05, 3.63) is 72.7 Å². The van der Waals surface area contributed by atoms with Crippen LogP contribution in [0.4, 0.5) is 0 Å². The Morgan fingerprint density at radius 3 is 2.81 bits per heavy atom. The highest BCUT2D eigenvalue weighted by atomic mass is 16.5. The largest absolute Gasteiger partial charge is 0.439 e. The molecular weight excluding hydrogens is 328 g/mol. The van der Waals surface area contributed by atoms with Crippen LogP contribution in [0.15, 0.2) is 67.1 Å². The number of ether oxygens (including phenoxy) is 1. The Balaban J connectivity index is 1.48. The molecule has 0 radical (unpaired) electrons. The highest BCUT2D eigenvalue weighted by molar-refractivity contribution is 5.94. The standard InChI is InChI=1S/C20H20N4O2/c25-20(23-12-4-6-17(15-23)24-13-5-10-22-24)16-9-11-21-19(14-16)26-18-7-2-1-3-8-18/h1-3,5,7-11,13-14,17H,4,6,12,15H2/t17-/m0/s1. The molecule has 6 heteroatoms. The molecule has 4 rings (SSSR count). The number of carbonyl (C=O) groups excluding carboxylic acids is 1. The van der Waals surface area contributed by atoms with Gasteiger partial charge in [0.2, 0.25) is 5.88 Å². The van der Waals surface area contributed by atoms with Crippen LogP contribution < -0.4 is 4.74 Å². The summed E-state index contributed by atoms with van der Waals surface area (Å²) in [6, 6.07) is 15.0. The molecule has 0 spiro atoms. The molecule has 3 aromatic rings. The van der Waals surface area contributed by atoms with Gasteiger partial charge in [-0.25, -0.2) is 4.98 Å². The molecule has 6 nitrogen and oxygen atoms in total. The zero-order valence-corrected chi connectivity index (χ0v) is 14.4. The molecule has 1 atom stereocenters. The van der Waals surface area contributed by atoms with E-state index in [0.717, 1.165) is 19.4 Å². The molecule has 1 amide bonds. The third kappa shape index (κ3) is 3.59. The third-order valence-electron chi connectivity index (χ3n) is 4.53. The lowest BCUT2D eigenvalue weighted by Gasteiger charge is -2.33. The van der Waals surface area contributed by atoms with Crippen LogP contribution in [0, 0.1) is 0 Å². The van der Waals surface area contributed by atoms with Gasteiger partial charge in [-0.05, 0) is 37.1 Å². The topological polar surface area (TPSA) is 60.2 Å². The van der Waals surface area contributed by atoms with Gasteiger partial charge < -0.3 is 9.64 Å². The number of aromatic nitrogens is 3. The van der Waals surface area contributed by atoms with Crippen molar-refractivity contribution < 1.29 is 9.53 Å². The van der Waals surface area contributed by atoms with E-state index in [9.17, 15) is 4.79 Å². The summed E-state index contributed by atoms with van der Waals surface area (Å²) in [6.45, 7) is 1.42. The Hall–Kier alpha value is -3.15. The fraction of sp³-hybridized carbons (Fsp3) is 0.250. The van der Waals surface area contributed by atoms with Crippen molar-refractivity contribution >= 4 is 5.91 Å². The number of pyridine rings is 1. The van der Waals surface area contributed by atoms with Crippen molar-refractivity contribution in [1.82, 2.24) is 19.7 Å². The first-order chi connectivity index (χ1) is 12.8. The van der Waals surface area contributed by atoms with Crippen molar-refractivity contribution in [3.8, 4) is 11.6 Å². The zero-order valence-electron chi connectivity index (χ0n) is 14.4. The van der Waals surface area contributed by atoms with Crippen LogP contribution in [-0.4, -0.2) is 38.7 Å². The second kappa shape index (κ2) is 7.39. The molecule has 0 N–H and O–H groups in total. The van der Waals surface area contributed by atoms with E-state index in [1.165, 1.54) is 0 Å². The van der Waals surface area contributed by atoms with Crippen molar-refractivity contribution in [1.29, 1.82) is 0 Å². The maximum absolute atomic E-state index is 12.9. The summed E-state index contributed by atoms with van der Waals surface area (Å²) in [4.78, 5) is 19.0. The quantitative estimate of drug-likeness (QED) is 0.723. The predicted molar refractivity (Wildman–Crippen MR) is 97.2 cm³/mol. The van der Waals surface area contributed by atoms with E-state index < -0.39 is 0 Å². The van der Waals surface area contributed by atoms with Crippen LogP contribution in [0.25, 0.3) is 0 Å². The van der Waals surface area contributed by atoms with Gasteiger partial charge >= 0.3 is 0 Å². The number of hydrogen-bond donors (Lipinski definition) is 0. The lowest BCUT2D eigenvalue weighted by atomic mass is 10.0. The van der Waals surface area contributed by atoms with Gasteiger partial charge in [0.05, 0.1) is 6.04 Å². The second-order valence-electron chi connectivity index (χ2n) is 6.33. The van der Waals surface area contributed by atoms with Crippen molar-refractivity contribution in [2.45, 2.75) is 18.9 Å². The van der Waals surface area contributed by atoms with Gasteiger partial charge in [0.25, 0.3) is 5.91 Å². The van der Waals surface area contributed by atoms with E-state index in [1.54, 1.807) is 24.5 Å². The summed E-state index contributed by atoms with van der Waals surface area (Å²) in [7, 11) is 0. The first-order valence-corrected chi connectivity index (χ1v) is 8.77. The molecule has 26 heavy (non-hydrogen) atoms. The molecule has 0 aliphatic carbocycles. The van der Waals surface area contributed by atoms with Crippen LogP contribution in [0.2, 0.25) is 0 Å². The average Bonchev–Trinajstić information content (AvgIpc) is 3.23. The number of carbonyl (C=O) groups is 1. The first kappa shape index (κ1) is 16.3. The number of rotatable bonds is 4. The van der Waals surface area contributed by atoms with Crippen molar-refractivity contribution in [2.24, 2.45) is 0 Å². The fourth-order valence-corrected chi connectivity index (χ4v) is 3.24. The molecule has 0 bridgehead atoms. The normalized spacial score (nSPS) is 17.1. The van der Waals surface area contributed by atoms with E-state index in [4.69, 9.17) is 4.74 Å². The lowest BCUT2D eigenvalue weighted by Crippen LogP contribution is -2.40. The van der Waals surface area contributed by atoms with Gasteiger partial charge in [0.15, 0.2) is 0 Å². The third-order valence-corrected chi connectivity index (χ3v) is 4.53. The highest BCUT2D eigenvalue weighted by Crippen LogP contribution is 2.24. The monoisotopic (exact) mass is 348 g/mol. The number of piperidine rings is 1. The molecule has 1 saturated heterocycles. The maximum atomic E-state index is 12.9. The second-order valence-corrected chi connectivity index (χ2v) is 6.33. The van der Waals surface area contributed by atoms with Crippen molar-refractivity contribution in [2.75, 3.05) is 13.1 Å². The maximum Gasteiger partial charge on any atom is 0.254 e. The fourth-order valence-electron chi connectivity index (χ4n) is 3.24. The predicted octanol–water partition coefficient (Wildman–Crippen LogP) is 3.55. The molecule has 1 aliphatic heterocycles. The molecule has 1 aromatic carbocycles. The molecule has 132 valence electrons. The lowest BCUT2D eigenvalue weighted by molar-refractivity contribution is 0.0672. The van der Waals surface area contributed by atoms with Gasteiger partial charge in [0, 0.05) is 43.3 Å². The minimum atomic E-state index is 0.00201. The summed E-state index contributed by atoms with van der Waals surface area (Å²) in [5.74, 6) is 1.12. The van der Waals surface area contributed by atoms with Gasteiger partial charge in [-0.1, -0.05) is 18.2 Å². The number of hydrogen-bond acceptors (Lipinski definition) is 4. The molecule has 3 heterocycles. The van der Waals surface area contributed by atoms with Crippen LogP contribution >= 0.6 is 0 Å². The number of nitrogens with zero attached hydrogens (tertiary/aromatic N) is 4. The van der Waals surface area contributed by atoms with E-state index in [2.05, 4.69) is 10.1 Å². The molecule has 0 unspecified atom stereocenters. The highest BCUT2D eigenvalue weighted by Gasteiger charge is 2.26. The van der Waals surface area contributed by atoms with E-state index in [1.807, 2.05) is 52.2 Å². The first-order valence-electron chi connectivity index (χ1n) is 8.77. The SMILES string of the molecule is O=C(c1ccnc(Oc2ccccc2)c1)N1CCC[C@H](n2cccn2)C1. The molecule has 1 aliphatic rings. The van der Waals surface area contributed by atoms with Crippen LogP contribution in [0.3, 0.4) is 0 Å². The Kier molecular flexibility index (Phi) is 4.64. The number of para-hydroxylation sites is 1. The molecule has 1 fully saturated rings. The van der Waals surface area contributed by atoms with Crippen LogP contribution in [0.5, 0.6) is 11.6 Å². The number of benzene rings is 1. The Labute approximate surface area is 152 Å². The minimum Gasteiger partial charge on any atom is -0.439 e. The Bertz CT molecular complexity index is 865. The van der Waals surface area contributed by atoms with E-state index in [0.29, 0.717) is 23.7 Å². The van der Waals surface area contributed by atoms with E-state index >= 15 is 0 Å². The summed E-state index contributed by atoms with van der Waals surface area (Å²) in [6.07, 6.45) is 7.34. The van der Waals surface area contributed by atoms with E-state index in [-0.39, 0.29) is 11.9 Å². The zero-order chi connectivity index (χ0) is 17.8. The van der Waals surface area contributed by atoms with Crippen LogP contribution in [-0.2, 0) is 0 Å². The molecular formula is C20H20N4O2. The average molecular weight is 348 g/mol. The smallest absolute Gasteiger partial charge is 0.254 e. The molecule has 0 saturated carbocycles. The summed E-state index contributed by atoms with van der Waals surface area (Å²) < 4.78 is 7.68. The summed E-state index contributed by atoms with van der Waals surface area (Å²) in [5.41, 5.74) is 0.590. The summed E-state index contributed by atoms with van der Waals surface area (Å²) >= 11 is 0. The van der Waals surface area contributed by atoms with Gasteiger partial charge in [-0.3, -0.25) is 9.48 Å². The van der Waals surface area contributed by atoms with Crippen LogP contribution in [0.1, 0.15) is 29.2 Å². The van der Waals surface area contributed by atoms with Gasteiger partial charge in [0.1, 0.15) is 5.75 Å². The van der Waals surface area contributed by atoms with Crippen molar-refractivity contribution in [3.63, 3.8) is 0 Å². The van der Waals surface area contributed by atoms with Gasteiger partial charge in [-0.2, -0.15) is 5.10 Å². The minimum absolute atomic E-state index is 0.00201. The number of amides is 1. The molecule has 2 aromatic heterocycles.